The van der Waals surface area contributed by atoms with Gasteiger partial charge in [-0.15, -0.1) is 0 Å². The zero-order chi connectivity index (χ0) is 9.19. The molecule has 1 rings (SSSR count). The number of hydrogen-bond acceptors (Lipinski definition) is 1. The van der Waals surface area contributed by atoms with Crippen LogP contribution in [0.4, 0.5) is 0 Å². The molecule has 0 saturated heterocycles. The summed E-state index contributed by atoms with van der Waals surface area (Å²) in [5.74, 6) is 0. The Morgan fingerprint density at radius 1 is 1.23 bits per heavy atom. The van der Waals surface area contributed by atoms with Crippen LogP contribution in [0.2, 0.25) is 0 Å². The lowest BCUT2D eigenvalue weighted by Crippen LogP contribution is -3.00. The number of pyridine rings is 1. The van der Waals surface area contributed by atoms with Gasteiger partial charge in [0.2, 0.25) is 0 Å². The van der Waals surface area contributed by atoms with Crippen LogP contribution in [0.25, 0.3) is 0 Å². The highest BCUT2D eigenvalue weighted by Crippen LogP contribution is 2.04. The van der Waals surface area contributed by atoms with Crippen LogP contribution in [-0.4, -0.2) is 30.6 Å². The maximum absolute atomic E-state index is 4.44. The van der Waals surface area contributed by atoms with Gasteiger partial charge in [-0.2, -0.15) is 0 Å². The van der Waals surface area contributed by atoms with E-state index in [0.717, 1.165) is 16.7 Å². The summed E-state index contributed by atoms with van der Waals surface area (Å²) in [6.07, 6.45) is 0. The van der Waals surface area contributed by atoms with Gasteiger partial charge in [0.15, 0.2) is 0 Å². The lowest BCUT2D eigenvalue weighted by molar-refractivity contribution is -0.884. The van der Waals surface area contributed by atoms with Crippen molar-refractivity contribution >= 4 is 0 Å². The third-order valence-electron chi connectivity index (χ3n) is 1.58. The van der Waals surface area contributed by atoms with E-state index in [1.807, 2.05) is 13.0 Å². The highest BCUT2D eigenvalue weighted by atomic mass is 79.9. The number of hydrogen-bond donors (Lipinski definition) is 0. The number of halogens is 1. The molecule has 1 aromatic heterocycles. The summed E-state index contributed by atoms with van der Waals surface area (Å²) in [6.45, 7) is 3.01. The minimum atomic E-state index is 0. The van der Waals surface area contributed by atoms with Gasteiger partial charge in [-0.1, -0.05) is 6.07 Å². The molecule has 0 atom stereocenters. The van der Waals surface area contributed by atoms with Crippen molar-refractivity contribution in [2.24, 2.45) is 0 Å². The van der Waals surface area contributed by atoms with Gasteiger partial charge < -0.3 is 21.5 Å². The quantitative estimate of drug-likeness (QED) is 0.584. The zero-order valence-electron chi connectivity index (χ0n) is 8.71. The molecule has 2 nitrogen and oxygen atoms in total. The van der Waals surface area contributed by atoms with Crippen molar-refractivity contribution in [1.29, 1.82) is 0 Å². The topological polar surface area (TPSA) is 12.9 Å². The molecule has 1 aromatic rings. The fraction of sp³-hybridized carbons (Fsp3) is 0.500. The van der Waals surface area contributed by atoms with Crippen molar-refractivity contribution in [2.45, 2.75) is 13.5 Å². The highest BCUT2D eigenvalue weighted by molar-refractivity contribution is 5.08. The van der Waals surface area contributed by atoms with Gasteiger partial charge in [-0.3, -0.25) is 4.98 Å². The molecule has 0 fully saturated rings. The van der Waals surface area contributed by atoms with Crippen LogP contribution in [0.3, 0.4) is 0 Å². The summed E-state index contributed by atoms with van der Waals surface area (Å²) < 4.78 is 0.927. The third kappa shape index (κ3) is 5.01. The smallest absolute Gasteiger partial charge is 0.121 e. The van der Waals surface area contributed by atoms with Crippen LogP contribution in [0.15, 0.2) is 18.2 Å². The Kier molecular flexibility index (Phi) is 4.57. The Morgan fingerprint density at radius 2 is 1.85 bits per heavy atom. The minimum absolute atomic E-state index is 0. The third-order valence-corrected chi connectivity index (χ3v) is 1.58. The normalized spacial score (nSPS) is 10.8. The number of rotatable bonds is 2. The fourth-order valence-corrected chi connectivity index (χ4v) is 1.17. The summed E-state index contributed by atoms with van der Waals surface area (Å²) in [7, 11) is 6.51. The molecule has 13 heavy (non-hydrogen) atoms. The lowest BCUT2D eigenvalue weighted by atomic mass is 10.3. The zero-order valence-corrected chi connectivity index (χ0v) is 10.3. The second-order valence-electron chi connectivity index (χ2n) is 4.22. The molecular formula is C10H17BrN2. The summed E-state index contributed by atoms with van der Waals surface area (Å²) >= 11 is 0. The first-order valence-corrected chi connectivity index (χ1v) is 4.20. The molecule has 1 heterocycles. The second-order valence-corrected chi connectivity index (χ2v) is 4.22. The molecule has 0 aliphatic heterocycles. The van der Waals surface area contributed by atoms with E-state index in [1.54, 1.807) is 0 Å². The van der Waals surface area contributed by atoms with E-state index >= 15 is 0 Å². The van der Waals surface area contributed by atoms with E-state index in [4.69, 9.17) is 0 Å². The first kappa shape index (κ1) is 12.6. The average molecular weight is 245 g/mol. The summed E-state index contributed by atoms with van der Waals surface area (Å²) in [6, 6.07) is 6.17. The van der Waals surface area contributed by atoms with Crippen LogP contribution >= 0.6 is 0 Å². The van der Waals surface area contributed by atoms with Crippen molar-refractivity contribution in [3.05, 3.63) is 29.6 Å². The van der Waals surface area contributed by atoms with Crippen LogP contribution in [0.1, 0.15) is 11.4 Å². The van der Waals surface area contributed by atoms with Gasteiger partial charge in [0.25, 0.3) is 0 Å². The SMILES string of the molecule is Cc1cccc(C[N+](C)(C)C)n1.[Br-]. The Hall–Kier alpha value is -0.410. The van der Waals surface area contributed by atoms with Crippen molar-refractivity contribution < 1.29 is 21.5 Å². The van der Waals surface area contributed by atoms with Gasteiger partial charge >= 0.3 is 0 Å². The molecule has 0 aliphatic rings. The van der Waals surface area contributed by atoms with E-state index in [1.165, 1.54) is 5.69 Å². The van der Waals surface area contributed by atoms with Gasteiger partial charge in [0, 0.05) is 5.69 Å². The maximum atomic E-state index is 4.44. The molecule has 0 aliphatic carbocycles. The Bertz CT molecular complexity index is 266. The predicted octanol–water partition coefficient (Wildman–Crippen LogP) is -1.40. The van der Waals surface area contributed by atoms with Crippen molar-refractivity contribution in [3.8, 4) is 0 Å². The largest absolute Gasteiger partial charge is 1.00 e. The van der Waals surface area contributed by atoms with E-state index < -0.39 is 0 Å². The Balaban J connectivity index is 0.00000144. The molecule has 0 spiro atoms. The number of aryl methyl sites for hydroxylation is 1. The fourth-order valence-electron chi connectivity index (χ4n) is 1.17. The Morgan fingerprint density at radius 3 is 2.31 bits per heavy atom. The van der Waals surface area contributed by atoms with Crippen LogP contribution in [0.5, 0.6) is 0 Å². The van der Waals surface area contributed by atoms with Gasteiger partial charge in [0.05, 0.1) is 26.8 Å². The minimum Gasteiger partial charge on any atom is -1.00 e. The van der Waals surface area contributed by atoms with Crippen molar-refractivity contribution in [3.63, 3.8) is 0 Å². The number of quaternary nitrogens is 1. The molecule has 0 amide bonds. The maximum Gasteiger partial charge on any atom is 0.121 e. The molecule has 3 heteroatoms. The highest BCUT2D eigenvalue weighted by Gasteiger charge is 2.08. The lowest BCUT2D eigenvalue weighted by Gasteiger charge is -2.23. The molecule has 0 bridgehead atoms. The molecule has 0 aromatic carbocycles. The molecule has 0 saturated carbocycles. The summed E-state index contributed by atoms with van der Waals surface area (Å²) in [5.41, 5.74) is 2.27. The first-order chi connectivity index (χ1) is 5.47. The number of nitrogens with zero attached hydrogens (tertiary/aromatic N) is 2. The number of aromatic nitrogens is 1. The van der Waals surface area contributed by atoms with E-state index in [2.05, 4.69) is 38.3 Å². The molecule has 0 unspecified atom stereocenters. The second kappa shape index (κ2) is 4.72. The van der Waals surface area contributed by atoms with E-state index in [-0.39, 0.29) is 17.0 Å². The predicted molar refractivity (Wildman–Crippen MR) is 50.7 cm³/mol. The molecule has 0 N–H and O–H groups in total. The van der Waals surface area contributed by atoms with Crippen LogP contribution in [0, 0.1) is 6.92 Å². The molecule has 74 valence electrons. The van der Waals surface area contributed by atoms with Crippen LogP contribution < -0.4 is 17.0 Å². The summed E-state index contributed by atoms with van der Waals surface area (Å²) in [4.78, 5) is 4.44. The van der Waals surface area contributed by atoms with E-state index in [0.29, 0.717) is 0 Å². The first-order valence-electron chi connectivity index (χ1n) is 4.20. The monoisotopic (exact) mass is 244 g/mol. The van der Waals surface area contributed by atoms with Gasteiger partial charge in [-0.05, 0) is 19.1 Å². The summed E-state index contributed by atoms with van der Waals surface area (Å²) in [5, 5.41) is 0. The van der Waals surface area contributed by atoms with Crippen LogP contribution in [-0.2, 0) is 6.54 Å². The van der Waals surface area contributed by atoms with Crippen molar-refractivity contribution in [1.82, 2.24) is 4.98 Å². The standard InChI is InChI=1S/C10H17N2.BrH/c1-9-6-5-7-10(11-9)8-12(2,3)4;/h5-7H,8H2,1-4H3;1H/q+1;/p-1. The molecular weight excluding hydrogens is 228 g/mol. The average Bonchev–Trinajstić information content (AvgIpc) is 1.82. The van der Waals surface area contributed by atoms with Crippen molar-refractivity contribution in [2.75, 3.05) is 21.1 Å². The van der Waals surface area contributed by atoms with Gasteiger partial charge in [-0.25, -0.2) is 0 Å². The van der Waals surface area contributed by atoms with E-state index in [9.17, 15) is 0 Å². The molecule has 0 radical (unpaired) electrons. The van der Waals surface area contributed by atoms with Gasteiger partial charge in [0.1, 0.15) is 6.54 Å². The Labute approximate surface area is 91.0 Å².